The van der Waals surface area contributed by atoms with E-state index in [1.165, 1.54) is 4.68 Å². The van der Waals surface area contributed by atoms with Crippen LogP contribution in [0.4, 0.5) is 5.69 Å². The molecule has 0 aliphatic carbocycles. The molecule has 28 heavy (non-hydrogen) atoms. The molecule has 2 heterocycles. The minimum atomic E-state index is -0.171. The van der Waals surface area contributed by atoms with Crippen LogP contribution in [0, 0.1) is 11.8 Å². The third-order valence-corrected chi connectivity index (χ3v) is 4.95. The number of anilines is 1. The van der Waals surface area contributed by atoms with E-state index < -0.39 is 0 Å². The SMILES string of the molecule is Cn1ncc(N2CCN(C(=O)C#Cc3ccc4ccccc4c3)CC2)cc1=O. The molecule has 3 aromatic rings. The summed E-state index contributed by atoms with van der Waals surface area (Å²) in [4.78, 5) is 28.0. The standard InChI is InChI=1S/C22H20N4O2/c1-24-22(28)15-20(16-23-24)25-10-12-26(13-11-25)21(27)9-7-17-6-8-18-4-2-3-5-19(18)14-17/h2-6,8,14-16H,10-13H2,1H3. The first-order valence-electron chi connectivity index (χ1n) is 9.18. The summed E-state index contributed by atoms with van der Waals surface area (Å²) in [6, 6.07) is 15.6. The lowest BCUT2D eigenvalue weighted by Crippen LogP contribution is -2.48. The van der Waals surface area contributed by atoms with E-state index in [2.05, 4.69) is 27.9 Å². The lowest BCUT2D eigenvalue weighted by molar-refractivity contribution is -0.125. The highest BCUT2D eigenvalue weighted by Gasteiger charge is 2.20. The normalized spacial score (nSPS) is 13.9. The summed E-state index contributed by atoms with van der Waals surface area (Å²) in [6.07, 6.45) is 1.68. The summed E-state index contributed by atoms with van der Waals surface area (Å²) >= 11 is 0. The Morgan fingerprint density at radius 2 is 1.75 bits per heavy atom. The van der Waals surface area contributed by atoms with Crippen LogP contribution in [-0.4, -0.2) is 46.8 Å². The summed E-state index contributed by atoms with van der Waals surface area (Å²) in [6.45, 7) is 2.44. The van der Waals surface area contributed by atoms with Crippen molar-refractivity contribution in [3.05, 3.63) is 70.6 Å². The Labute approximate surface area is 163 Å². The highest BCUT2D eigenvalue weighted by molar-refractivity contribution is 5.94. The van der Waals surface area contributed by atoms with Crippen LogP contribution in [-0.2, 0) is 11.8 Å². The van der Waals surface area contributed by atoms with Crippen molar-refractivity contribution in [1.82, 2.24) is 14.7 Å². The van der Waals surface area contributed by atoms with Gasteiger partial charge in [0.15, 0.2) is 0 Å². The molecule has 0 unspecified atom stereocenters. The highest BCUT2D eigenvalue weighted by Crippen LogP contribution is 2.15. The van der Waals surface area contributed by atoms with Gasteiger partial charge in [-0.15, -0.1) is 0 Å². The molecule has 140 valence electrons. The maximum Gasteiger partial charge on any atom is 0.298 e. The topological polar surface area (TPSA) is 58.4 Å². The summed E-state index contributed by atoms with van der Waals surface area (Å²) in [5.41, 5.74) is 1.48. The predicted molar refractivity (Wildman–Crippen MR) is 109 cm³/mol. The average molecular weight is 372 g/mol. The van der Waals surface area contributed by atoms with Crippen LogP contribution in [0.3, 0.4) is 0 Å². The fourth-order valence-electron chi connectivity index (χ4n) is 3.27. The average Bonchev–Trinajstić information content (AvgIpc) is 2.74. The zero-order valence-corrected chi connectivity index (χ0v) is 15.6. The number of fused-ring (bicyclic) bond motifs is 1. The molecule has 2 aromatic carbocycles. The van der Waals surface area contributed by atoms with Gasteiger partial charge in [0.2, 0.25) is 0 Å². The molecule has 6 nitrogen and oxygen atoms in total. The fraction of sp³-hybridized carbons (Fsp3) is 0.227. The summed E-state index contributed by atoms with van der Waals surface area (Å²) in [7, 11) is 1.62. The van der Waals surface area contributed by atoms with E-state index in [0.29, 0.717) is 26.2 Å². The molecule has 0 atom stereocenters. The Morgan fingerprint density at radius 1 is 1.00 bits per heavy atom. The van der Waals surface area contributed by atoms with Crippen molar-refractivity contribution in [1.29, 1.82) is 0 Å². The first-order valence-corrected chi connectivity index (χ1v) is 9.18. The van der Waals surface area contributed by atoms with Crippen molar-refractivity contribution in [3.8, 4) is 11.8 Å². The highest BCUT2D eigenvalue weighted by atomic mass is 16.2. The van der Waals surface area contributed by atoms with Gasteiger partial charge in [0.05, 0.1) is 11.9 Å². The molecule has 0 spiro atoms. The smallest absolute Gasteiger partial charge is 0.298 e. The van der Waals surface area contributed by atoms with E-state index in [4.69, 9.17) is 0 Å². The number of aryl methyl sites for hydroxylation is 1. The molecule has 6 heteroatoms. The number of nitrogens with zero attached hydrogens (tertiary/aromatic N) is 4. The van der Waals surface area contributed by atoms with Gasteiger partial charge in [-0.25, -0.2) is 4.68 Å². The lowest BCUT2D eigenvalue weighted by Gasteiger charge is -2.34. The molecule has 1 saturated heterocycles. The Kier molecular flexibility index (Phi) is 4.81. The molecule has 0 N–H and O–H groups in total. The van der Waals surface area contributed by atoms with Crippen LogP contribution in [0.2, 0.25) is 0 Å². The Balaban J connectivity index is 1.40. The van der Waals surface area contributed by atoms with Crippen molar-refractivity contribution < 1.29 is 4.79 Å². The maximum absolute atomic E-state index is 12.4. The number of carbonyl (C=O) groups is 1. The van der Waals surface area contributed by atoms with Crippen molar-refractivity contribution in [2.45, 2.75) is 0 Å². The van der Waals surface area contributed by atoms with Gasteiger partial charge in [0.25, 0.3) is 11.5 Å². The molecule has 1 amide bonds. The van der Waals surface area contributed by atoms with E-state index in [1.807, 2.05) is 36.4 Å². The van der Waals surface area contributed by atoms with Gasteiger partial charge in [-0.1, -0.05) is 36.3 Å². The van der Waals surface area contributed by atoms with Crippen molar-refractivity contribution >= 4 is 22.4 Å². The molecule has 1 aromatic heterocycles. The predicted octanol–water partition coefficient (Wildman–Crippen LogP) is 1.63. The largest absolute Gasteiger partial charge is 0.367 e. The molecule has 1 aliphatic rings. The molecule has 0 radical (unpaired) electrons. The molecule has 0 bridgehead atoms. The zero-order chi connectivity index (χ0) is 19.5. The van der Waals surface area contributed by atoms with Crippen molar-refractivity contribution in [2.75, 3.05) is 31.1 Å². The third kappa shape index (κ3) is 3.74. The monoisotopic (exact) mass is 372 g/mol. The Morgan fingerprint density at radius 3 is 2.50 bits per heavy atom. The van der Waals surface area contributed by atoms with Gasteiger partial charge in [-0.2, -0.15) is 5.10 Å². The zero-order valence-electron chi connectivity index (χ0n) is 15.6. The summed E-state index contributed by atoms with van der Waals surface area (Å²) in [5.74, 6) is 5.57. The maximum atomic E-state index is 12.4. The van der Waals surface area contributed by atoms with Crippen LogP contribution < -0.4 is 10.5 Å². The number of aromatic nitrogens is 2. The number of benzene rings is 2. The van der Waals surface area contributed by atoms with Crippen LogP contribution in [0.1, 0.15) is 5.56 Å². The number of amides is 1. The van der Waals surface area contributed by atoms with Crippen LogP contribution in [0.5, 0.6) is 0 Å². The minimum absolute atomic E-state index is 0.141. The third-order valence-electron chi connectivity index (χ3n) is 4.95. The van der Waals surface area contributed by atoms with Gasteiger partial charge in [0.1, 0.15) is 0 Å². The number of piperazine rings is 1. The Bertz CT molecular complexity index is 1150. The number of hydrogen-bond donors (Lipinski definition) is 0. The summed E-state index contributed by atoms with van der Waals surface area (Å²) < 4.78 is 1.30. The number of hydrogen-bond acceptors (Lipinski definition) is 4. The molecule has 1 fully saturated rings. The van der Waals surface area contributed by atoms with Crippen LogP contribution >= 0.6 is 0 Å². The minimum Gasteiger partial charge on any atom is -0.367 e. The van der Waals surface area contributed by atoms with Gasteiger partial charge in [0, 0.05) is 50.8 Å². The molecular weight excluding hydrogens is 352 g/mol. The van der Waals surface area contributed by atoms with Crippen LogP contribution in [0.15, 0.2) is 59.5 Å². The fourth-order valence-corrected chi connectivity index (χ4v) is 3.27. The van der Waals surface area contributed by atoms with E-state index in [-0.39, 0.29) is 11.5 Å². The van der Waals surface area contributed by atoms with Gasteiger partial charge < -0.3 is 9.80 Å². The molecular formula is C22H20N4O2. The molecule has 0 saturated carbocycles. The van der Waals surface area contributed by atoms with Crippen molar-refractivity contribution in [3.63, 3.8) is 0 Å². The van der Waals surface area contributed by atoms with E-state index in [1.54, 1.807) is 24.2 Å². The lowest BCUT2D eigenvalue weighted by atomic mass is 10.1. The first kappa shape index (κ1) is 17.8. The van der Waals surface area contributed by atoms with E-state index in [9.17, 15) is 9.59 Å². The number of carbonyl (C=O) groups excluding carboxylic acids is 1. The molecule has 4 rings (SSSR count). The first-order chi connectivity index (χ1) is 13.6. The van der Waals surface area contributed by atoms with Crippen molar-refractivity contribution in [2.24, 2.45) is 7.05 Å². The quantitative estimate of drug-likeness (QED) is 0.610. The van der Waals surface area contributed by atoms with Crippen LogP contribution in [0.25, 0.3) is 10.8 Å². The summed E-state index contributed by atoms with van der Waals surface area (Å²) in [5, 5.41) is 6.31. The van der Waals surface area contributed by atoms with E-state index >= 15 is 0 Å². The van der Waals surface area contributed by atoms with Gasteiger partial charge >= 0.3 is 0 Å². The van der Waals surface area contributed by atoms with E-state index in [0.717, 1.165) is 22.0 Å². The Hall–Kier alpha value is -3.59. The second kappa shape index (κ2) is 7.57. The second-order valence-electron chi connectivity index (χ2n) is 6.77. The van der Waals surface area contributed by atoms with Gasteiger partial charge in [-0.05, 0) is 22.9 Å². The number of rotatable bonds is 1. The molecule has 1 aliphatic heterocycles. The van der Waals surface area contributed by atoms with Gasteiger partial charge in [-0.3, -0.25) is 9.59 Å². The second-order valence-corrected chi connectivity index (χ2v) is 6.77.